The van der Waals surface area contributed by atoms with Gasteiger partial charge in [-0.3, -0.25) is 0 Å². The van der Waals surface area contributed by atoms with E-state index >= 15 is 0 Å². The van der Waals surface area contributed by atoms with Crippen LogP contribution in [0.4, 0.5) is 4.79 Å². The number of aliphatic hydroxyl groups excluding tert-OH is 1. The fourth-order valence-electron chi connectivity index (χ4n) is 2.45. The Balaban J connectivity index is 2.00. The van der Waals surface area contributed by atoms with Crippen molar-refractivity contribution in [2.45, 2.75) is 25.8 Å². The molecule has 1 saturated heterocycles. The van der Waals surface area contributed by atoms with Gasteiger partial charge in [-0.05, 0) is 24.8 Å². The lowest BCUT2D eigenvalue weighted by atomic mass is 10.1. The van der Waals surface area contributed by atoms with E-state index in [-0.39, 0.29) is 12.6 Å². The van der Waals surface area contributed by atoms with Crippen LogP contribution in [0, 0.1) is 0 Å². The third-order valence-corrected chi connectivity index (χ3v) is 3.48. The van der Waals surface area contributed by atoms with Crippen molar-refractivity contribution in [1.82, 2.24) is 9.80 Å². The molecule has 4 heteroatoms. The van der Waals surface area contributed by atoms with Gasteiger partial charge in [0.2, 0.25) is 0 Å². The average molecular weight is 262 g/mol. The van der Waals surface area contributed by atoms with Gasteiger partial charge in [0, 0.05) is 26.2 Å². The summed E-state index contributed by atoms with van der Waals surface area (Å²) in [4.78, 5) is 16.1. The Morgan fingerprint density at radius 1 is 1.16 bits per heavy atom. The number of urea groups is 1. The molecule has 104 valence electrons. The molecule has 0 saturated carbocycles. The molecule has 19 heavy (non-hydrogen) atoms. The highest BCUT2D eigenvalue weighted by Crippen LogP contribution is 2.13. The first-order chi connectivity index (χ1) is 9.31. The highest BCUT2D eigenvalue weighted by molar-refractivity contribution is 5.74. The highest BCUT2D eigenvalue weighted by Gasteiger charge is 2.22. The molecule has 1 aliphatic heterocycles. The lowest BCUT2D eigenvalue weighted by Gasteiger charge is -2.32. The summed E-state index contributed by atoms with van der Waals surface area (Å²) < 4.78 is 0. The largest absolute Gasteiger partial charge is 0.395 e. The van der Waals surface area contributed by atoms with Crippen LogP contribution in [0.2, 0.25) is 0 Å². The summed E-state index contributed by atoms with van der Waals surface area (Å²) in [7, 11) is 0. The monoisotopic (exact) mass is 262 g/mol. The number of rotatable bonds is 4. The van der Waals surface area contributed by atoms with E-state index in [1.54, 1.807) is 4.90 Å². The van der Waals surface area contributed by atoms with Crippen LogP contribution in [-0.4, -0.2) is 47.2 Å². The second kappa shape index (κ2) is 7.14. The second-order valence-corrected chi connectivity index (χ2v) is 4.96. The normalized spacial score (nSPS) is 15.3. The molecule has 1 aromatic rings. The van der Waals surface area contributed by atoms with Gasteiger partial charge in [0.05, 0.1) is 6.61 Å². The number of carbonyl (C=O) groups is 1. The molecular weight excluding hydrogens is 240 g/mol. The first-order valence-corrected chi connectivity index (χ1v) is 7.00. The molecule has 1 aliphatic rings. The van der Waals surface area contributed by atoms with Crippen molar-refractivity contribution in [3.05, 3.63) is 35.9 Å². The zero-order valence-corrected chi connectivity index (χ0v) is 11.3. The van der Waals surface area contributed by atoms with E-state index in [0.717, 1.165) is 31.5 Å². The van der Waals surface area contributed by atoms with Crippen LogP contribution in [0.25, 0.3) is 0 Å². The zero-order chi connectivity index (χ0) is 13.5. The third-order valence-electron chi connectivity index (χ3n) is 3.48. The Bertz CT molecular complexity index is 388. The quantitative estimate of drug-likeness (QED) is 0.903. The molecule has 1 heterocycles. The van der Waals surface area contributed by atoms with E-state index < -0.39 is 0 Å². The maximum Gasteiger partial charge on any atom is 0.320 e. The van der Waals surface area contributed by atoms with Crippen LogP contribution in [0.15, 0.2) is 30.3 Å². The fraction of sp³-hybridized carbons (Fsp3) is 0.533. The van der Waals surface area contributed by atoms with Crippen LogP contribution in [0.3, 0.4) is 0 Å². The van der Waals surface area contributed by atoms with Crippen LogP contribution in [-0.2, 0) is 6.54 Å². The molecule has 0 aliphatic carbocycles. The van der Waals surface area contributed by atoms with E-state index in [1.165, 1.54) is 6.42 Å². The van der Waals surface area contributed by atoms with E-state index in [2.05, 4.69) is 0 Å². The third kappa shape index (κ3) is 3.96. The van der Waals surface area contributed by atoms with Gasteiger partial charge < -0.3 is 14.9 Å². The first kappa shape index (κ1) is 13.9. The van der Waals surface area contributed by atoms with E-state index in [9.17, 15) is 4.79 Å². The van der Waals surface area contributed by atoms with Crippen LogP contribution in [0.1, 0.15) is 24.8 Å². The number of hydrogen-bond donors (Lipinski definition) is 1. The molecule has 0 aromatic heterocycles. The minimum atomic E-state index is 0.00636. The Hall–Kier alpha value is -1.55. The van der Waals surface area contributed by atoms with Gasteiger partial charge in [0.1, 0.15) is 0 Å². The zero-order valence-electron chi connectivity index (χ0n) is 11.3. The Kier molecular flexibility index (Phi) is 5.21. The number of aliphatic hydroxyl groups is 1. The van der Waals surface area contributed by atoms with Crippen molar-refractivity contribution in [3.63, 3.8) is 0 Å². The number of amides is 2. The Morgan fingerprint density at radius 2 is 1.84 bits per heavy atom. The summed E-state index contributed by atoms with van der Waals surface area (Å²) in [5, 5.41) is 9.15. The van der Waals surface area contributed by atoms with E-state index in [1.807, 2.05) is 35.2 Å². The molecule has 2 amide bonds. The molecule has 0 spiro atoms. The summed E-state index contributed by atoms with van der Waals surface area (Å²) in [6, 6.07) is 9.97. The molecule has 0 atom stereocenters. The fourth-order valence-corrected chi connectivity index (χ4v) is 2.45. The van der Waals surface area contributed by atoms with E-state index in [4.69, 9.17) is 5.11 Å². The van der Waals surface area contributed by atoms with Gasteiger partial charge in [-0.25, -0.2) is 4.79 Å². The number of nitrogens with zero attached hydrogens (tertiary/aromatic N) is 2. The van der Waals surface area contributed by atoms with Crippen LogP contribution >= 0.6 is 0 Å². The predicted octanol–water partition coefficient (Wildman–Crippen LogP) is 2.09. The number of hydrogen-bond acceptors (Lipinski definition) is 2. The maximum absolute atomic E-state index is 12.4. The molecule has 1 fully saturated rings. The summed E-state index contributed by atoms with van der Waals surface area (Å²) in [5.41, 5.74) is 1.10. The minimum absolute atomic E-state index is 0.00636. The van der Waals surface area contributed by atoms with Crippen molar-refractivity contribution >= 4 is 6.03 Å². The van der Waals surface area contributed by atoms with Gasteiger partial charge in [0.25, 0.3) is 0 Å². The smallest absolute Gasteiger partial charge is 0.320 e. The summed E-state index contributed by atoms with van der Waals surface area (Å²) >= 11 is 0. The number of piperidine rings is 1. The van der Waals surface area contributed by atoms with Gasteiger partial charge in [0.15, 0.2) is 0 Å². The van der Waals surface area contributed by atoms with Crippen molar-refractivity contribution in [1.29, 1.82) is 0 Å². The van der Waals surface area contributed by atoms with Crippen LogP contribution < -0.4 is 0 Å². The molecule has 1 aromatic carbocycles. The minimum Gasteiger partial charge on any atom is -0.395 e. The summed E-state index contributed by atoms with van der Waals surface area (Å²) in [6.45, 7) is 2.65. The lowest BCUT2D eigenvalue weighted by Crippen LogP contribution is -2.46. The second-order valence-electron chi connectivity index (χ2n) is 4.96. The van der Waals surface area contributed by atoms with Gasteiger partial charge >= 0.3 is 6.03 Å². The molecule has 4 nitrogen and oxygen atoms in total. The Labute approximate surface area is 114 Å². The Morgan fingerprint density at radius 3 is 2.47 bits per heavy atom. The molecule has 2 rings (SSSR count). The standard InChI is InChI=1S/C15H22N2O2/c18-12-11-17(13-14-7-3-1-4-8-14)15(19)16-9-5-2-6-10-16/h1,3-4,7-8,18H,2,5-6,9-13H2. The topological polar surface area (TPSA) is 43.8 Å². The van der Waals surface area contributed by atoms with Gasteiger partial charge in [-0.1, -0.05) is 30.3 Å². The highest BCUT2D eigenvalue weighted by atomic mass is 16.3. The van der Waals surface area contributed by atoms with Crippen molar-refractivity contribution in [3.8, 4) is 0 Å². The SMILES string of the molecule is O=C(N1CCCCC1)N(CCO)Cc1ccccc1. The number of benzene rings is 1. The molecular formula is C15H22N2O2. The van der Waals surface area contributed by atoms with Crippen LogP contribution in [0.5, 0.6) is 0 Å². The first-order valence-electron chi connectivity index (χ1n) is 7.00. The molecule has 0 bridgehead atoms. The maximum atomic E-state index is 12.4. The van der Waals surface area contributed by atoms with Crippen molar-refractivity contribution in [2.75, 3.05) is 26.2 Å². The van der Waals surface area contributed by atoms with Gasteiger partial charge in [-0.15, -0.1) is 0 Å². The van der Waals surface area contributed by atoms with E-state index in [0.29, 0.717) is 13.1 Å². The lowest BCUT2D eigenvalue weighted by molar-refractivity contribution is 0.129. The molecule has 0 radical (unpaired) electrons. The molecule has 1 N–H and O–H groups in total. The predicted molar refractivity (Wildman–Crippen MR) is 74.8 cm³/mol. The summed E-state index contributed by atoms with van der Waals surface area (Å²) in [5.74, 6) is 0. The number of likely N-dealkylation sites (tertiary alicyclic amines) is 1. The summed E-state index contributed by atoms with van der Waals surface area (Å²) in [6.07, 6.45) is 3.39. The van der Waals surface area contributed by atoms with Crippen molar-refractivity contribution < 1.29 is 9.90 Å². The average Bonchev–Trinajstić information content (AvgIpc) is 2.48. The van der Waals surface area contributed by atoms with Crippen molar-refractivity contribution in [2.24, 2.45) is 0 Å². The number of carbonyl (C=O) groups excluding carboxylic acids is 1. The van der Waals surface area contributed by atoms with Gasteiger partial charge in [-0.2, -0.15) is 0 Å². The molecule has 0 unspecified atom stereocenters.